The largest absolute Gasteiger partial charge is 0.343 e. The van der Waals surface area contributed by atoms with E-state index in [0.717, 1.165) is 35.0 Å². The monoisotopic (exact) mass is 289 g/mol. The van der Waals surface area contributed by atoms with Crippen molar-refractivity contribution in [1.29, 1.82) is 0 Å². The Morgan fingerprint density at radius 2 is 1.68 bits per heavy atom. The molecule has 2 aromatic carbocycles. The summed E-state index contributed by atoms with van der Waals surface area (Å²) in [5, 5.41) is 3.40. The summed E-state index contributed by atoms with van der Waals surface area (Å²) < 4.78 is 0. The Kier molecular flexibility index (Phi) is 4.15. The second kappa shape index (κ2) is 6.39. The summed E-state index contributed by atoms with van der Waals surface area (Å²) in [6, 6.07) is 16.3. The molecule has 0 saturated carbocycles. The van der Waals surface area contributed by atoms with E-state index in [4.69, 9.17) is 0 Å². The normalized spacial score (nSPS) is 15.7. The minimum Gasteiger partial charge on any atom is -0.343 e. The molecule has 3 rings (SSSR count). The third-order valence-corrected chi connectivity index (χ3v) is 3.60. The number of nitrogens with one attached hydrogen (secondary N) is 1. The highest BCUT2D eigenvalue weighted by Gasteiger charge is 2.07. The standard InChI is InChI=1S/C19H19N3/c1-14-8-3-5-10-16(14)20-18-12-7-13-19(22-18)21-17-11-6-4-9-15(17)2/h3-12H,13H2,1-2H3,(H,20,21,22). The molecule has 3 nitrogen and oxygen atoms in total. The first-order chi connectivity index (χ1) is 10.7. The van der Waals surface area contributed by atoms with Crippen molar-refractivity contribution < 1.29 is 0 Å². The van der Waals surface area contributed by atoms with Gasteiger partial charge in [-0.25, -0.2) is 9.98 Å². The molecule has 0 spiro atoms. The van der Waals surface area contributed by atoms with Crippen molar-refractivity contribution in [1.82, 2.24) is 0 Å². The summed E-state index contributed by atoms with van der Waals surface area (Å²) in [6.45, 7) is 4.14. The number of rotatable bonds is 2. The molecule has 110 valence electrons. The lowest BCUT2D eigenvalue weighted by Crippen LogP contribution is -2.16. The highest BCUT2D eigenvalue weighted by Crippen LogP contribution is 2.19. The van der Waals surface area contributed by atoms with Gasteiger partial charge in [0.1, 0.15) is 5.84 Å². The van der Waals surface area contributed by atoms with E-state index in [1.165, 1.54) is 5.56 Å². The van der Waals surface area contributed by atoms with Crippen LogP contribution in [-0.4, -0.2) is 11.7 Å². The molecule has 1 heterocycles. The number of dihydropyridines is 1. The third kappa shape index (κ3) is 3.31. The first kappa shape index (κ1) is 14.3. The van der Waals surface area contributed by atoms with Crippen LogP contribution in [0.3, 0.4) is 0 Å². The van der Waals surface area contributed by atoms with Gasteiger partial charge in [0.05, 0.1) is 5.69 Å². The Balaban J connectivity index is 1.84. The molecule has 0 aliphatic carbocycles. The summed E-state index contributed by atoms with van der Waals surface area (Å²) in [4.78, 5) is 9.26. The zero-order chi connectivity index (χ0) is 15.4. The third-order valence-electron chi connectivity index (χ3n) is 3.60. The fraction of sp³-hybridized carbons (Fsp3) is 0.158. The van der Waals surface area contributed by atoms with Crippen LogP contribution in [0.2, 0.25) is 0 Å². The van der Waals surface area contributed by atoms with E-state index in [1.54, 1.807) is 0 Å². The molecule has 0 radical (unpaired) electrons. The van der Waals surface area contributed by atoms with Gasteiger partial charge >= 0.3 is 0 Å². The lowest BCUT2D eigenvalue weighted by molar-refractivity contribution is 1.33. The molecule has 0 fully saturated rings. The minimum atomic E-state index is 0.733. The number of benzene rings is 2. The fourth-order valence-electron chi connectivity index (χ4n) is 2.32. The summed E-state index contributed by atoms with van der Waals surface area (Å²) in [6.07, 6.45) is 4.85. The van der Waals surface area contributed by atoms with Crippen molar-refractivity contribution in [3.8, 4) is 0 Å². The lowest BCUT2D eigenvalue weighted by atomic mass is 10.2. The van der Waals surface area contributed by atoms with E-state index in [-0.39, 0.29) is 0 Å². The zero-order valence-corrected chi connectivity index (χ0v) is 12.9. The minimum absolute atomic E-state index is 0.733. The number of anilines is 1. The molecule has 0 atom stereocenters. The molecule has 0 aromatic heterocycles. The summed E-state index contributed by atoms with van der Waals surface area (Å²) in [7, 11) is 0. The fourth-order valence-corrected chi connectivity index (χ4v) is 2.32. The van der Waals surface area contributed by atoms with Crippen LogP contribution in [0.1, 0.15) is 17.5 Å². The molecule has 3 heteroatoms. The van der Waals surface area contributed by atoms with Crippen LogP contribution in [0.4, 0.5) is 11.4 Å². The van der Waals surface area contributed by atoms with Crippen LogP contribution in [0.5, 0.6) is 0 Å². The van der Waals surface area contributed by atoms with Crippen molar-refractivity contribution in [3.63, 3.8) is 0 Å². The maximum atomic E-state index is 4.63. The SMILES string of the molecule is Cc1ccccc1N=C1C=CCC(Nc2ccccc2C)=N1. The molecule has 1 aliphatic heterocycles. The van der Waals surface area contributed by atoms with Gasteiger partial charge in [0.2, 0.25) is 0 Å². The van der Waals surface area contributed by atoms with Gasteiger partial charge in [-0.05, 0) is 43.2 Å². The van der Waals surface area contributed by atoms with Gasteiger partial charge in [0, 0.05) is 12.1 Å². The Bertz CT molecular complexity index is 770. The van der Waals surface area contributed by atoms with Crippen molar-refractivity contribution in [2.45, 2.75) is 20.3 Å². The van der Waals surface area contributed by atoms with Crippen LogP contribution in [0.15, 0.2) is 70.7 Å². The summed E-state index contributed by atoms with van der Waals surface area (Å²) >= 11 is 0. The van der Waals surface area contributed by atoms with Crippen LogP contribution in [0, 0.1) is 13.8 Å². The second-order valence-electron chi connectivity index (χ2n) is 5.36. The van der Waals surface area contributed by atoms with E-state index >= 15 is 0 Å². The molecule has 0 amide bonds. The highest BCUT2D eigenvalue weighted by atomic mass is 15.0. The molecular weight excluding hydrogens is 270 g/mol. The van der Waals surface area contributed by atoms with Gasteiger partial charge in [-0.1, -0.05) is 42.5 Å². The predicted molar refractivity (Wildman–Crippen MR) is 94.3 cm³/mol. The molecule has 0 saturated heterocycles. The summed E-state index contributed by atoms with van der Waals surface area (Å²) in [5.41, 5.74) is 4.41. The number of nitrogens with zero attached hydrogens (tertiary/aromatic N) is 2. The summed E-state index contributed by atoms with van der Waals surface area (Å²) in [5.74, 6) is 1.65. The number of amidine groups is 2. The molecule has 0 unspecified atom stereocenters. The van der Waals surface area contributed by atoms with Gasteiger partial charge in [0.25, 0.3) is 0 Å². The average molecular weight is 289 g/mol. The molecule has 22 heavy (non-hydrogen) atoms. The van der Waals surface area contributed by atoms with Gasteiger partial charge in [-0.2, -0.15) is 0 Å². The van der Waals surface area contributed by atoms with E-state index in [0.29, 0.717) is 0 Å². The first-order valence-electron chi connectivity index (χ1n) is 7.43. The number of hydrogen-bond donors (Lipinski definition) is 1. The van der Waals surface area contributed by atoms with E-state index in [1.807, 2.05) is 36.4 Å². The number of para-hydroxylation sites is 2. The van der Waals surface area contributed by atoms with E-state index in [9.17, 15) is 0 Å². The van der Waals surface area contributed by atoms with Crippen LogP contribution >= 0.6 is 0 Å². The number of hydrogen-bond acceptors (Lipinski definition) is 2. The molecule has 1 aliphatic rings. The number of aryl methyl sites for hydroxylation is 2. The van der Waals surface area contributed by atoms with E-state index < -0.39 is 0 Å². The maximum Gasteiger partial charge on any atom is 0.154 e. The van der Waals surface area contributed by atoms with Crippen molar-refractivity contribution in [2.24, 2.45) is 9.98 Å². The van der Waals surface area contributed by atoms with Gasteiger partial charge < -0.3 is 5.32 Å². The van der Waals surface area contributed by atoms with Gasteiger partial charge in [0.15, 0.2) is 5.84 Å². The molecule has 1 N–H and O–H groups in total. The smallest absolute Gasteiger partial charge is 0.154 e. The molecule has 0 bridgehead atoms. The molecule has 2 aromatic rings. The number of aliphatic imine (C=N–C) groups is 2. The Labute approximate surface area is 131 Å². The van der Waals surface area contributed by atoms with Crippen molar-refractivity contribution >= 4 is 23.0 Å². The lowest BCUT2D eigenvalue weighted by Gasteiger charge is -2.13. The average Bonchev–Trinajstić information content (AvgIpc) is 2.52. The van der Waals surface area contributed by atoms with Gasteiger partial charge in [-0.3, -0.25) is 0 Å². The highest BCUT2D eigenvalue weighted by molar-refractivity contribution is 6.11. The molecular formula is C19H19N3. The first-order valence-corrected chi connectivity index (χ1v) is 7.43. The zero-order valence-electron chi connectivity index (χ0n) is 12.9. The van der Waals surface area contributed by atoms with Crippen molar-refractivity contribution in [2.75, 3.05) is 5.32 Å². The Morgan fingerprint density at radius 3 is 2.45 bits per heavy atom. The van der Waals surface area contributed by atoms with Crippen molar-refractivity contribution in [3.05, 3.63) is 71.8 Å². The Morgan fingerprint density at radius 1 is 0.955 bits per heavy atom. The topological polar surface area (TPSA) is 36.8 Å². The second-order valence-corrected chi connectivity index (χ2v) is 5.36. The maximum absolute atomic E-state index is 4.63. The van der Waals surface area contributed by atoms with Crippen LogP contribution < -0.4 is 5.32 Å². The quantitative estimate of drug-likeness (QED) is 0.846. The predicted octanol–water partition coefficient (Wildman–Crippen LogP) is 4.80. The Hall–Kier alpha value is -2.68. The van der Waals surface area contributed by atoms with Gasteiger partial charge in [-0.15, -0.1) is 0 Å². The van der Waals surface area contributed by atoms with Crippen LogP contribution in [0.25, 0.3) is 0 Å². The van der Waals surface area contributed by atoms with Crippen LogP contribution in [-0.2, 0) is 0 Å². The van der Waals surface area contributed by atoms with E-state index in [2.05, 4.69) is 53.4 Å².